The van der Waals surface area contributed by atoms with E-state index in [1.165, 1.54) is 0 Å². The molecule has 10 heteroatoms. The number of carboxylic acids is 2. The van der Waals surface area contributed by atoms with Crippen molar-refractivity contribution < 1.29 is 29.4 Å². The van der Waals surface area contributed by atoms with E-state index in [4.69, 9.17) is 5.11 Å². The highest BCUT2D eigenvalue weighted by atomic mass is 33.1. The first kappa shape index (κ1) is 22.8. The molecule has 0 radical (unpaired) electrons. The summed E-state index contributed by atoms with van der Waals surface area (Å²) in [5, 5.41) is 23.2. The van der Waals surface area contributed by atoms with Crippen molar-refractivity contribution in [1.82, 2.24) is 10.6 Å². The lowest BCUT2D eigenvalue weighted by atomic mass is 10.1. The molecule has 27 heavy (non-hydrogen) atoms. The molecule has 2 amide bonds. The van der Waals surface area contributed by atoms with Gasteiger partial charge in [0.1, 0.15) is 12.1 Å². The quantitative estimate of drug-likeness (QED) is 0.296. The molecular formula is C17H22N2O6S2. The van der Waals surface area contributed by atoms with E-state index in [9.17, 15) is 24.3 Å². The molecule has 4 N–H and O–H groups in total. The van der Waals surface area contributed by atoms with Crippen LogP contribution in [0.15, 0.2) is 30.3 Å². The van der Waals surface area contributed by atoms with E-state index in [1.807, 2.05) is 6.07 Å². The predicted octanol–water partition coefficient (Wildman–Crippen LogP) is 1.16. The molecule has 2 unspecified atom stereocenters. The van der Waals surface area contributed by atoms with Crippen LogP contribution in [-0.4, -0.2) is 57.6 Å². The number of aliphatic carboxylic acids is 2. The molecule has 0 heterocycles. The van der Waals surface area contributed by atoms with Crippen molar-refractivity contribution in [3.8, 4) is 0 Å². The summed E-state index contributed by atoms with van der Waals surface area (Å²) in [6.07, 6.45) is 0.253. The van der Waals surface area contributed by atoms with Crippen LogP contribution in [-0.2, 0) is 25.6 Å². The lowest BCUT2D eigenvalue weighted by Crippen LogP contribution is -2.43. The molecule has 0 spiro atoms. The van der Waals surface area contributed by atoms with Gasteiger partial charge < -0.3 is 20.8 Å². The van der Waals surface area contributed by atoms with Crippen LogP contribution in [0, 0.1) is 0 Å². The number of hydrogen-bond acceptors (Lipinski definition) is 6. The van der Waals surface area contributed by atoms with Crippen molar-refractivity contribution in [2.24, 2.45) is 0 Å². The van der Waals surface area contributed by atoms with Crippen LogP contribution < -0.4 is 10.6 Å². The third kappa shape index (κ3) is 9.34. The maximum atomic E-state index is 12.0. The Hall–Kier alpha value is -2.20. The van der Waals surface area contributed by atoms with Crippen molar-refractivity contribution >= 4 is 45.3 Å². The fourth-order valence-electron chi connectivity index (χ4n) is 1.90. The maximum absolute atomic E-state index is 12.0. The van der Waals surface area contributed by atoms with Crippen LogP contribution in [0.1, 0.15) is 18.9 Å². The Morgan fingerprint density at radius 2 is 1.37 bits per heavy atom. The number of carbonyl (C=O) groups is 4. The van der Waals surface area contributed by atoms with Gasteiger partial charge in [0.15, 0.2) is 0 Å². The summed E-state index contributed by atoms with van der Waals surface area (Å²) in [5.74, 6) is -2.96. The summed E-state index contributed by atoms with van der Waals surface area (Å²) in [6.45, 7) is 1.62. The van der Waals surface area contributed by atoms with E-state index < -0.39 is 29.9 Å². The van der Waals surface area contributed by atoms with Gasteiger partial charge in [-0.25, -0.2) is 9.59 Å². The molecule has 1 aromatic carbocycles. The number of rotatable bonds is 12. The zero-order chi connectivity index (χ0) is 20.2. The average Bonchev–Trinajstić information content (AvgIpc) is 2.63. The number of benzene rings is 1. The van der Waals surface area contributed by atoms with E-state index in [1.54, 1.807) is 31.2 Å². The van der Waals surface area contributed by atoms with Crippen LogP contribution in [0.2, 0.25) is 0 Å². The van der Waals surface area contributed by atoms with E-state index in [0.29, 0.717) is 0 Å². The molecule has 148 valence electrons. The smallest absolute Gasteiger partial charge is 0.327 e. The van der Waals surface area contributed by atoms with E-state index in [0.717, 1.165) is 27.2 Å². The first-order valence-corrected chi connectivity index (χ1v) is 10.6. The Balaban J connectivity index is 2.43. The summed E-state index contributed by atoms with van der Waals surface area (Å²) in [6, 6.07) is 6.81. The molecule has 0 aromatic heterocycles. The highest BCUT2D eigenvalue weighted by Crippen LogP contribution is 2.23. The van der Waals surface area contributed by atoms with E-state index in [-0.39, 0.29) is 30.3 Å². The summed E-state index contributed by atoms with van der Waals surface area (Å²) in [4.78, 5) is 45.7. The van der Waals surface area contributed by atoms with Crippen molar-refractivity contribution in [2.45, 2.75) is 31.8 Å². The largest absolute Gasteiger partial charge is 0.480 e. The number of hydrogen-bond donors (Lipinski definition) is 4. The van der Waals surface area contributed by atoms with Gasteiger partial charge >= 0.3 is 11.9 Å². The van der Waals surface area contributed by atoms with Gasteiger partial charge in [-0.2, -0.15) is 0 Å². The van der Waals surface area contributed by atoms with Gasteiger partial charge in [-0.05, 0) is 5.56 Å². The van der Waals surface area contributed by atoms with Crippen LogP contribution in [0.3, 0.4) is 0 Å². The zero-order valence-electron chi connectivity index (χ0n) is 14.7. The first-order valence-electron chi connectivity index (χ1n) is 8.16. The molecule has 8 nitrogen and oxygen atoms in total. The third-order valence-electron chi connectivity index (χ3n) is 3.35. The molecule has 0 aliphatic heterocycles. The van der Waals surface area contributed by atoms with Gasteiger partial charge in [0.05, 0.1) is 6.42 Å². The standard InChI is InChI=1S/C17H22N2O6S2/c1-2-14(20)18-12(16(22)23)9-26-27-10-13(17(24)25)19-15(21)8-11-6-4-3-5-7-11/h3-7,12-13H,2,8-10H2,1H3,(H,18,20)(H,19,21)(H,22,23)(H,24,25). The van der Waals surface area contributed by atoms with E-state index in [2.05, 4.69) is 10.6 Å². The Labute approximate surface area is 164 Å². The highest BCUT2D eigenvalue weighted by molar-refractivity contribution is 8.76. The number of carbonyl (C=O) groups excluding carboxylic acids is 2. The second kappa shape index (κ2) is 12.2. The van der Waals surface area contributed by atoms with Gasteiger partial charge in [0.2, 0.25) is 11.8 Å². The molecule has 1 aromatic rings. The molecule has 0 saturated heterocycles. The SMILES string of the molecule is CCC(=O)NC(CSSCC(NC(=O)Cc1ccccc1)C(=O)O)C(=O)O. The number of amides is 2. The van der Waals surface area contributed by atoms with Crippen molar-refractivity contribution in [3.63, 3.8) is 0 Å². The molecular weight excluding hydrogens is 392 g/mol. The molecule has 0 saturated carbocycles. The number of carboxylic acid groups (broad SMARTS) is 2. The third-order valence-corrected chi connectivity index (χ3v) is 5.77. The Bertz CT molecular complexity index is 656. The monoisotopic (exact) mass is 414 g/mol. The average molecular weight is 415 g/mol. The fraction of sp³-hybridized carbons (Fsp3) is 0.412. The van der Waals surface area contributed by atoms with Gasteiger partial charge in [-0.1, -0.05) is 58.8 Å². The Kier molecular flexibility index (Phi) is 10.3. The summed E-state index contributed by atoms with van der Waals surface area (Å²) in [7, 11) is 2.25. The summed E-state index contributed by atoms with van der Waals surface area (Å²) >= 11 is 0. The highest BCUT2D eigenvalue weighted by Gasteiger charge is 2.22. The molecule has 2 atom stereocenters. The predicted molar refractivity (Wildman–Crippen MR) is 104 cm³/mol. The van der Waals surface area contributed by atoms with Crippen molar-refractivity contribution in [1.29, 1.82) is 0 Å². The van der Waals surface area contributed by atoms with Gasteiger partial charge in [-0.15, -0.1) is 0 Å². The second-order valence-corrected chi connectivity index (χ2v) is 8.05. The second-order valence-electron chi connectivity index (χ2n) is 5.50. The minimum absolute atomic E-state index is 0.0641. The molecule has 0 bridgehead atoms. The van der Waals surface area contributed by atoms with E-state index >= 15 is 0 Å². The molecule has 0 aliphatic carbocycles. The zero-order valence-corrected chi connectivity index (χ0v) is 16.3. The van der Waals surface area contributed by atoms with Gasteiger partial charge in [-0.3, -0.25) is 9.59 Å². The lowest BCUT2D eigenvalue weighted by Gasteiger charge is -2.16. The minimum Gasteiger partial charge on any atom is -0.480 e. The fourth-order valence-corrected chi connectivity index (χ4v) is 4.21. The molecule has 0 aliphatic rings. The topological polar surface area (TPSA) is 133 Å². The number of nitrogens with one attached hydrogen (secondary N) is 2. The minimum atomic E-state index is -1.17. The van der Waals surface area contributed by atoms with Crippen LogP contribution in [0.5, 0.6) is 0 Å². The van der Waals surface area contributed by atoms with Crippen molar-refractivity contribution in [3.05, 3.63) is 35.9 Å². The summed E-state index contributed by atoms with van der Waals surface area (Å²) in [5.41, 5.74) is 0.775. The summed E-state index contributed by atoms with van der Waals surface area (Å²) < 4.78 is 0. The normalized spacial score (nSPS) is 12.6. The molecule has 1 rings (SSSR count). The maximum Gasteiger partial charge on any atom is 0.327 e. The Morgan fingerprint density at radius 3 is 1.81 bits per heavy atom. The van der Waals surface area contributed by atoms with Gasteiger partial charge in [0, 0.05) is 17.9 Å². The van der Waals surface area contributed by atoms with Crippen LogP contribution >= 0.6 is 21.6 Å². The Morgan fingerprint density at radius 1 is 0.889 bits per heavy atom. The molecule has 0 fully saturated rings. The van der Waals surface area contributed by atoms with Crippen LogP contribution in [0.4, 0.5) is 0 Å². The first-order chi connectivity index (χ1) is 12.8. The van der Waals surface area contributed by atoms with Crippen LogP contribution in [0.25, 0.3) is 0 Å². The van der Waals surface area contributed by atoms with Gasteiger partial charge in [0.25, 0.3) is 0 Å². The lowest BCUT2D eigenvalue weighted by molar-refractivity contribution is -0.141. The van der Waals surface area contributed by atoms with Crippen molar-refractivity contribution in [2.75, 3.05) is 11.5 Å².